The van der Waals surface area contributed by atoms with E-state index in [-0.39, 0.29) is 5.54 Å². The highest BCUT2D eigenvalue weighted by atomic mass is 19.2. The minimum absolute atomic E-state index is 0.0907. The molecule has 0 aliphatic heterocycles. The van der Waals surface area contributed by atoms with E-state index in [1.807, 2.05) is 0 Å². The first kappa shape index (κ1) is 15.6. The van der Waals surface area contributed by atoms with Gasteiger partial charge in [-0.15, -0.1) is 0 Å². The maximum atomic E-state index is 13.2. The molecule has 0 amide bonds. The summed E-state index contributed by atoms with van der Waals surface area (Å²) in [6, 6.07) is 3.67. The summed E-state index contributed by atoms with van der Waals surface area (Å²) < 4.78 is 31.6. The molecule has 0 saturated carbocycles. The summed E-state index contributed by atoms with van der Waals surface area (Å²) in [6.07, 6.45) is 3.14. The lowest BCUT2D eigenvalue weighted by Gasteiger charge is -2.19. The Morgan fingerprint density at radius 3 is 2.62 bits per heavy atom. The van der Waals surface area contributed by atoms with E-state index in [1.54, 1.807) is 6.20 Å². The van der Waals surface area contributed by atoms with Crippen molar-refractivity contribution < 1.29 is 13.2 Å². The monoisotopic (exact) mass is 294 g/mol. The van der Waals surface area contributed by atoms with Crippen LogP contribution in [0.3, 0.4) is 0 Å². The van der Waals surface area contributed by atoms with Gasteiger partial charge in [-0.05, 0) is 51.9 Å². The van der Waals surface area contributed by atoms with Gasteiger partial charge in [0.2, 0.25) is 0 Å². The van der Waals surface area contributed by atoms with Crippen LogP contribution < -0.4 is 5.32 Å². The molecule has 114 valence electrons. The van der Waals surface area contributed by atoms with E-state index in [0.29, 0.717) is 23.6 Å². The molecule has 0 fully saturated rings. The molecule has 5 heteroatoms. The van der Waals surface area contributed by atoms with Crippen molar-refractivity contribution in [3.05, 3.63) is 41.9 Å². The summed E-state index contributed by atoms with van der Waals surface area (Å²) in [5.74, 6) is -0.704. The van der Waals surface area contributed by atoms with Gasteiger partial charge in [0.05, 0.1) is 6.20 Å². The molecule has 0 bridgehead atoms. The maximum absolute atomic E-state index is 13.2. The Kier molecular flexibility index (Phi) is 4.73. The van der Waals surface area contributed by atoms with Gasteiger partial charge in [-0.3, -0.25) is 0 Å². The lowest BCUT2D eigenvalue weighted by Crippen LogP contribution is -2.36. The average Bonchev–Trinajstić information content (AvgIpc) is 2.86. The fourth-order valence-corrected chi connectivity index (χ4v) is 1.91. The number of nitrogens with one attached hydrogen (secondary N) is 1. The molecule has 21 heavy (non-hydrogen) atoms. The number of nitrogens with zero attached hydrogens (tertiary/aromatic N) is 1. The van der Waals surface area contributed by atoms with Crippen LogP contribution in [0.5, 0.6) is 0 Å². The van der Waals surface area contributed by atoms with Crippen molar-refractivity contribution >= 4 is 0 Å². The van der Waals surface area contributed by atoms with Crippen molar-refractivity contribution in [1.82, 2.24) is 10.3 Å². The highest BCUT2D eigenvalue weighted by molar-refractivity contribution is 5.56. The molecular formula is C16H20F2N2O. The van der Waals surface area contributed by atoms with Gasteiger partial charge in [-0.2, -0.15) is 0 Å². The molecule has 0 radical (unpaired) electrons. The minimum atomic E-state index is -0.889. The van der Waals surface area contributed by atoms with Crippen molar-refractivity contribution in [2.24, 2.45) is 0 Å². The number of hydrogen-bond donors (Lipinski definition) is 1. The van der Waals surface area contributed by atoms with Crippen LogP contribution in [0.15, 0.2) is 28.8 Å². The summed E-state index contributed by atoms with van der Waals surface area (Å²) in [5, 5.41) is 3.38. The normalized spacial score (nSPS) is 11.9. The largest absolute Gasteiger partial charge is 0.441 e. The summed E-state index contributed by atoms with van der Waals surface area (Å²) in [6.45, 7) is 7.20. The van der Waals surface area contributed by atoms with Crippen LogP contribution in [0, 0.1) is 11.6 Å². The third kappa shape index (κ3) is 4.63. The number of aryl methyl sites for hydroxylation is 1. The second kappa shape index (κ2) is 6.35. The molecule has 0 saturated heterocycles. The minimum Gasteiger partial charge on any atom is -0.441 e. The Morgan fingerprint density at radius 2 is 1.95 bits per heavy atom. The van der Waals surface area contributed by atoms with Crippen molar-refractivity contribution in [3.63, 3.8) is 0 Å². The van der Waals surface area contributed by atoms with Crippen LogP contribution in [-0.4, -0.2) is 17.1 Å². The Bertz CT molecular complexity index is 603. The van der Waals surface area contributed by atoms with Gasteiger partial charge in [0.15, 0.2) is 23.3 Å². The van der Waals surface area contributed by atoms with E-state index >= 15 is 0 Å². The molecule has 1 heterocycles. The first-order valence-corrected chi connectivity index (χ1v) is 7.00. The van der Waals surface area contributed by atoms with E-state index in [9.17, 15) is 8.78 Å². The Balaban J connectivity index is 1.93. The van der Waals surface area contributed by atoms with E-state index in [2.05, 4.69) is 31.1 Å². The number of halogens is 2. The number of aromatic nitrogens is 1. The van der Waals surface area contributed by atoms with Crippen LogP contribution in [0.2, 0.25) is 0 Å². The fraction of sp³-hybridized carbons (Fsp3) is 0.438. The molecule has 0 spiro atoms. The van der Waals surface area contributed by atoms with E-state index in [1.165, 1.54) is 6.07 Å². The quantitative estimate of drug-likeness (QED) is 0.849. The Labute approximate surface area is 123 Å². The van der Waals surface area contributed by atoms with Crippen LogP contribution in [0.1, 0.15) is 33.1 Å². The number of oxazole rings is 1. The Morgan fingerprint density at radius 1 is 1.19 bits per heavy atom. The summed E-state index contributed by atoms with van der Waals surface area (Å²) >= 11 is 0. The van der Waals surface area contributed by atoms with Crippen LogP contribution in [0.4, 0.5) is 8.78 Å². The van der Waals surface area contributed by atoms with Crippen LogP contribution in [0.25, 0.3) is 11.3 Å². The van der Waals surface area contributed by atoms with Gasteiger partial charge < -0.3 is 9.73 Å². The molecule has 0 unspecified atom stereocenters. The smallest absolute Gasteiger partial charge is 0.194 e. The highest BCUT2D eigenvalue weighted by Gasteiger charge is 2.11. The van der Waals surface area contributed by atoms with Crippen molar-refractivity contribution in [3.8, 4) is 11.3 Å². The predicted molar refractivity (Wildman–Crippen MR) is 77.9 cm³/mol. The predicted octanol–water partition coefficient (Wildman–Crippen LogP) is 3.94. The van der Waals surface area contributed by atoms with Crippen molar-refractivity contribution in [2.45, 2.75) is 39.2 Å². The molecule has 2 rings (SSSR count). The van der Waals surface area contributed by atoms with Crippen molar-refractivity contribution in [1.29, 1.82) is 0 Å². The molecular weight excluding hydrogens is 274 g/mol. The SMILES string of the molecule is CC(C)(C)NCCCc1ncc(-c2ccc(F)c(F)c2)o1. The molecule has 1 N–H and O–H groups in total. The molecule has 1 aromatic carbocycles. The summed E-state index contributed by atoms with van der Waals surface area (Å²) in [7, 11) is 0. The van der Waals surface area contributed by atoms with Gasteiger partial charge in [0, 0.05) is 17.5 Å². The highest BCUT2D eigenvalue weighted by Crippen LogP contribution is 2.22. The van der Waals surface area contributed by atoms with Gasteiger partial charge in [0.25, 0.3) is 0 Å². The molecule has 1 aromatic heterocycles. The number of rotatable bonds is 5. The first-order chi connectivity index (χ1) is 9.85. The molecule has 0 aliphatic carbocycles. The molecule has 2 aromatic rings. The Hall–Kier alpha value is -1.75. The lowest BCUT2D eigenvalue weighted by atomic mass is 10.1. The second-order valence-corrected chi connectivity index (χ2v) is 6.03. The lowest BCUT2D eigenvalue weighted by molar-refractivity contribution is 0.412. The van der Waals surface area contributed by atoms with Gasteiger partial charge in [-0.25, -0.2) is 13.8 Å². The van der Waals surface area contributed by atoms with E-state index < -0.39 is 11.6 Å². The van der Waals surface area contributed by atoms with Gasteiger partial charge >= 0.3 is 0 Å². The molecule has 0 atom stereocenters. The molecule has 3 nitrogen and oxygen atoms in total. The van der Waals surface area contributed by atoms with Crippen LogP contribution >= 0.6 is 0 Å². The van der Waals surface area contributed by atoms with Crippen LogP contribution in [-0.2, 0) is 6.42 Å². The van der Waals surface area contributed by atoms with E-state index in [4.69, 9.17) is 4.42 Å². The zero-order valence-corrected chi connectivity index (χ0v) is 12.5. The summed E-state index contributed by atoms with van der Waals surface area (Å²) in [4.78, 5) is 4.17. The zero-order chi connectivity index (χ0) is 15.5. The third-order valence-corrected chi connectivity index (χ3v) is 2.98. The standard InChI is InChI=1S/C16H20F2N2O/c1-16(2,3)20-8-4-5-15-19-10-14(21-15)11-6-7-12(17)13(18)9-11/h6-7,9-10,20H,4-5,8H2,1-3H3. The van der Waals surface area contributed by atoms with Gasteiger partial charge in [0.1, 0.15) is 0 Å². The second-order valence-electron chi connectivity index (χ2n) is 6.03. The number of benzene rings is 1. The first-order valence-electron chi connectivity index (χ1n) is 7.00. The maximum Gasteiger partial charge on any atom is 0.194 e. The zero-order valence-electron chi connectivity index (χ0n) is 12.5. The van der Waals surface area contributed by atoms with Gasteiger partial charge in [-0.1, -0.05) is 0 Å². The third-order valence-electron chi connectivity index (χ3n) is 2.98. The van der Waals surface area contributed by atoms with E-state index in [0.717, 1.165) is 25.1 Å². The summed E-state index contributed by atoms with van der Waals surface area (Å²) in [5.41, 5.74) is 0.577. The molecule has 0 aliphatic rings. The average molecular weight is 294 g/mol. The van der Waals surface area contributed by atoms with Crippen molar-refractivity contribution in [2.75, 3.05) is 6.54 Å². The number of hydrogen-bond acceptors (Lipinski definition) is 3. The topological polar surface area (TPSA) is 38.1 Å². The fourth-order valence-electron chi connectivity index (χ4n) is 1.91.